The van der Waals surface area contributed by atoms with E-state index in [-0.39, 0.29) is 5.56 Å². The maximum absolute atomic E-state index is 13.2. The third-order valence-electron chi connectivity index (χ3n) is 5.54. The molecule has 0 bridgehead atoms. The molecule has 1 aliphatic rings. The summed E-state index contributed by atoms with van der Waals surface area (Å²) in [7, 11) is 0. The van der Waals surface area contributed by atoms with Crippen LogP contribution in [-0.4, -0.2) is 14.8 Å². The number of nitrogens with zero attached hydrogens (tertiary/aromatic N) is 3. The van der Waals surface area contributed by atoms with E-state index in [0.29, 0.717) is 23.0 Å². The SMILES string of the molecule is O=c1c2nc(C3CCC3)sc2c(-c2ccc(Cl)cc2)nn1CCc1ccccc1. The summed E-state index contributed by atoms with van der Waals surface area (Å²) >= 11 is 7.70. The fourth-order valence-corrected chi connectivity index (χ4v) is 4.99. The van der Waals surface area contributed by atoms with Gasteiger partial charge < -0.3 is 0 Å². The molecule has 6 heteroatoms. The standard InChI is InChI=1S/C23H20ClN3OS/c24-18-11-9-16(10-12-18)19-21-20(25-22(29-21)17-7-4-8-17)23(28)27(26-19)14-13-15-5-2-1-3-6-15/h1-3,5-6,9-12,17H,4,7-8,13-14H2. The number of aryl methyl sites for hydroxylation is 2. The van der Waals surface area contributed by atoms with E-state index in [1.165, 1.54) is 12.0 Å². The topological polar surface area (TPSA) is 47.8 Å². The zero-order chi connectivity index (χ0) is 19.8. The van der Waals surface area contributed by atoms with Gasteiger partial charge in [-0.3, -0.25) is 4.79 Å². The lowest BCUT2D eigenvalue weighted by atomic mass is 9.86. The molecule has 0 radical (unpaired) electrons. The fourth-order valence-electron chi connectivity index (χ4n) is 3.63. The Morgan fingerprint density at radius 3 is 2.52 bits per heavy atom. The highest BCUT2D eigenvalue weighted by Crippen LogP contribution is 2.41. The first-order valence-corrected chi connectivity index (χ1v) is 11.1. The van der Waals surface area contributed by atoms with Gasteiger partial charge in [0, 0.05) is 23.0 Å². The number of halogens is 1. The van der Waals surface area contributed by atoms with Crippen molar-refractivity contribution in [3.05, 3.63) is 80.5 Å². The molecule has 4 nitrogen and oxygen atoms in total. The molecule has 0 unspecified atom stereocenters. The molecule has 0 N–H and O–H groups in total. The number of benzene rings is 2. The van der Waals surface area contributed by atoms with Gasteiger partial charge in [-0.2, -0.15) is 5.10 Å². The Balaban J connectivity index is 1.61. The van der Waals surface area contributed by atoms with Gasteiger partial charge in [0.1, 0.15) is 5.69 Å². The molecule has 0 spiro atoms. The van der Waals surface area contributed by atoms with Crippen LogP contribution in [0.1, 0.15) is 35.8 Å². The predicted octanol–water partition coefficient (Wildman–Crippen LogP) is 5.68. The number of hydrogen-bond acceptors (Lipinski definition) is 4. The third kappa shape index (κ3) is 3.61. The van der Waals surface area contributed by atoms with Crippen molar-refractivity contribution in [1.82, 2.24) is 14.8 Å². The van der Waals surface area contributed by atoms with Gasteiger partial charge in [0.25, 0.3) is 5.56 Å². The Hall–Kier alpha value is -2.50. The van der Waals surface area contributed by atoms with E-state index in [0.717, 1.165) is 40.2 Å². The summed E-state index contributed by atoms with van der Waals surface area (Å²) in [5.41, 5.74) is 3.40. The monoisotopic (exact) mass is 421 g/mol. The lowest BCUT2D eigenvalue weighted by Gasteiger charge is -2.22. The summed E-state index contributed by atoms with van der Waals surface area (Å²) in [6, 6.07) is 17.8. The van der Waals surface area contributed by atoms with E-state index in [4.69, 9.17) is 21.7 Å². The van der Waals surface area contributed by atoms with Crippen molar-refractivity contribution < 1.29 is 0 Å². The maximum Gasteiger partial charge on any atom is 0.294 e. The van der Waals surface area contributed by atoms with Crippen LogP contribution in [0.4, 0.5) is 0 Å². The molecule has 5 rings (SSSR count). The highest BCUT2D eigenvalue weighted by molar-refractivity contribution is 7.19. The first-order valence-electron chi connectivity index (χ1n) is 9.90. The normalized spacial score (nSPS) is 14.2. The summed E-state index contributed by atoms with van der Waals surface area (Å²) in [4.78, 5) is 17.9. The minimum atomic E-state index is -0.101. The van der Waals surface area contributed by atoms with E-state index in [2.05, 4.69) is 12.1 Å². The van der Waals surface area contributed by atoms with E-state index in [9.17, 15) is 4.79 Å². The van der Waals surface area contributed by atoms with E-state index in [1.807, 2.05) is 42.5 Å². The van der Waals surface area contributed by atoms with Gasteiger partial charge in [0.05, 0.1) is 9.71 Å². The summed E-state index contributed by atoms with van der Waals surface area (Å²) in [6.07, 6.45) is 4.31. The zero-order valence-corrected chi connectivity index (χ0v) is 17.4. The molecule has 1 saturated carbocycles. The van der Waals surface area contributed by atoms with Gasteiger partial charge in [-0.15, -0.1) is 11.3 Å². The van der Waals surface area contributed by atoms with Crippen LogP contribution in [0.15, 0.2) is 59.4 Å². The lowest BCUT2D eigenvalue weighted by molar-refractivity contribution is 0.419. The van der Waals surface area contributed by atoms with Crippen molar-refractivity contribution in [3.63, 3.8) is 0 Å². The fraction of sp³-hybridized carbons (Fsp3) is 0.261. The molecule has 2 aromatic carbocycles. The van der Waals surface area contributed by atoms with Gasteiger partial charge in [0.15, 0.2) is 5.52 Å². The van der Waals surface area contributed by atoms with Crippen molar-refractivity contribution in [2.75, 3.05) is 0 Å². The number of thiazole rings is 1. The minimum Gasteiger partial charge on any atom is -0.265 e. The van der Waals surface area contributed by atoms with Crippen LogP contribution in [0.2, 0.25) is 5.02 Å². The largest absolute Gasteiger partial charge is 0.294 e. The Labute approximate surface area is 177 Å². The first-order chi connectivity index (χ1) is 14.2. The van der Waals surface area contributed by atoms with Crippen molar-refractivity contribution in [2.24, 2.45) is 0 Å². The molecular weight excluding hydrogens is 402 g/mol. The summed E-state index contributed by atoms with van der Waals surface area (Å²) in [6.45, 7) is 0.523. The van der Waals surface area contributed by atoms with E-state index in [1.54, 1.807) is 16.0 Å². The van der Waals surface area contributed by atoms with E-state index >= 15 is 0 Å². The van der Waals surface area contributed by atoms with Crippen LogP contribution in [0.25, 0.3) is 21.5 Å². The molecule has 2 heterocycles. The van der Waals surface area contributed by atoms with Crippen LogP contribution in [-0.2, 0) is 13.0 Å². The van der Waals surface area contributed by atoms with E-state index < -0.39 is 0 Å². The molecule has 1 aliphatic carbocycles. The number of aromatic nitrogens is 3. The van der Waals surface area contributed by atoms with Crippen molar-refractivity contribution >= 4 is 33.2 Å². The van der Waals surface area contributed by atoms with Gasteiger partial charge in [0.2, 0.25) is 0 Å². The molecule has 0 saturated heterocycles. The molecule has 2 aromatic heterocycles. The van der Waals surface area contributed by atoms with Gasteiger partial charge in [-0.1, -0.05) is 60.5 Å². The lowest BCUT2D eigenvalue weighted by Crippen LogP contribution is -2.25. The Morgan fingerprint density at radius 2 is 1.83 bits per heavy atom. The smallest absolute Gasteiger partial charge is 0.265 e. The molecule has 29 heavy (non-hydrogen) atoms. The van der Waals surface area contributed by atoms with Gasteiger partial charge in [-0.05, 0) is 37.0 Å². The Bertz CT molecular complexity index is 1210. The molecule has 0 atom stereocenters. The summed E-state index contributed by atoms with van der Waals surface area (Å²) < 4.78 is 2.46. The third-order valence-corrected chi connectivity index (χ3v) is 7.02. The number of hydrogen-bond donors (Lipinski definition) is 0. The molecule has 4 aromatic rings. The number of rotatable bonds is 5. The average Bonchev–Trinajstić information content (AvgIpc) is 3.13. The molecule has 0 amide bonds. The van der Waals surface area contributed by atoms with Crippen molar-refractivity contribution in [3.8, 4) is 11.3 Å². The Morgan fingerprint density at radius 1 is 1.07 bits per heavy atom. The summed E-state index contributed by atoms with van der Waals surface area (Å²) in [5, 5.41) is 6.52. The maximum atomic E-state index is 13.2. The van der Waals surface area contributed by atoms with Crippen LogP contribution in [0.5, 0.6) is 0 Å². The average molecular weight is 422 g/mol. The predicted molar refractivity (Wildman–Crippen MR) is 119 cm³/mol. The van der Waals surface area contributed by atoms with Crippen LogP contribution in [0, 0.1) is 0 Å². The number of fused-ring (bicyclic) bond motifs is 1. The zero-order valence-electron chi connectivity index (χ0n) is 15.8. The van der Waals surface area contributed by atoms with Crippen molar-refractivity contribution in [1.29, 1.82) is 0 Å². The van der Waals surface area contributed by atoms with Gasteiger partial charge in [-0.25, -0.2) is 9.67 Å². The van der Waals surface area contributed by atoms with Gasteiger partial charge >= 0.3 is 0 Å². The molecule has 146 valence electrons. The highest BCUT2D eigenvalue weighted by atomic mass is 35.5. The van der Waals surface area contributed by atoms with Crippen LogP contribution < -0.4 is 5.56 Å². The highest BCUT2D eigenvalue weighted by Gasteiger charge is 2.25. The summed E-state index contributed by atoms with van der Waals surface area (Å²) in [5.74, 6) is 0.489. The second-order valence-electron chi connectivity index (χ2n) is 7.48. The quantitative estimate of drug-likeness (QED) is 0.416. The second kappa shape index (κ2) is 7.73. The second-order valence-corrected chi connectivity index (χ2v) is 8.94. The van der Waals surface area contributed by atoms with Crippen LogP contribution >= 0.6 is 22.9 Å². The Kier molecular flexibility index (Phi) is 4.94. The minimum absolute atomic E-state index is 0.101. The molecule has 0 aliphatic heterocycles. The van der Waals surface area contributed by atoms with Crippen LogP contribution in [0.3, 0.4) is 0 Å². The molecule has 1 fully saturated rings. The van der Waals surface area contributed by atoms with Crippen molar-refractivity contribution in [2.45, 2.75) is 38.1 Å². The molecular formula is C23H20ClN3OS. The first kappa shape index (κ1) is 18.5.